The number of piperazine rings is 1. The molecule has 2 saturated heterocycles. The molecule has 2 heterocycles. The van der Waals surface area contributed by atoms with Gasteiger partial charge in [-0.25, -0.2) is 0 Å². The normalized spacial score (nSPS) is 36.4. The van der Waals surface area contributed by atoms with E-state index in [0.29, 0.717) is 0 Å². The minimum Gasteiger partial charge on any atom is -0.315 e. The highest BCUT2D eigenvalue weighted by molar-refractivity contribution is 4.85. The Kier molecular flexibility index (Phi) is 4.00. The van der Waals surface area contributed by atoms with Gasteiger partial charge in [0.05, 0.1) is 0 Å². The highest BCUT2D eigenvalue weighted by atomic mass is 15.3. The summed E-state index contributed by atoms with van der Waals surface area (Å²) in [7, 11) is 2.24. The molecule has 0 radical (unpaired) electrons. The molecular formula is C12H25N3. The number of likely N-dealkylation sites (N-methyl/N-ethyl adjacent to an activating group) is 1. The quantitative estimate of drug-likeness (QED) is 0.691. The maximum Gasteiger partial charge on any atom is 0.0224 e. The third-order valence-corrected chi connectivity index (χ3v) is 3.87. The molecule has 1 N–H and O–H groups in total. The molecule has 0 bridgehead atoms. The standard InChI is InChI=1S/C12H25N3/c1-11-10-14(2)7-8-15(11)12-5-3-4-6-13-9-12/h11-13H,3-10H2,1-2H3. The molecule has 15 heavy (non-hydrogen) atoms. The summed E-state index contributed by atoms with van der Waals surface area (Å²) < 4.78 is 0. The van der Waals surface area contributed by atoms with Crippen LogP contribution in [0.2, 0.25) is 0 Å². The summed E-state index contributed by atoms with van der Waals surface area (Å²) in [6, 6.07) is 1.52. The maximum atomic E-state index is 3.57. The van der Waals surface area contributed by atoms with Crippen LogP contribution in [0.5, 0.6) is 0 Å². The van der Waals surface area contributed by atoms with Gasteiger partial charge in [0, 0.05) is 38.3 Å². The first kappa shape index (κ1) is 11.4. The van der Waals surface area contributed by atoms with E-state index in [1.807, 2.05) is 0 Å². The molecule has 0 aromatic heterocycles. The van der Waals surface area contributed by atoms with Gasteiger partial charge >= 0.3 is 0 Å². The fourth-order valence-electron chi connectivity index (χ4n) is 2.98. The molecule has 0 amide bonds. The number of nitrogens with zero attached hydrogens (tertiary/aromatic N) is 2. The Morgan fingerprint density at radius 1 is 1.20 bits per heavy atom. The summed E-state index contributed by atoms with van der Waals surface area (Å²) in [5.74, 6) is 0. The smallest absolute Gasteiger partial charge is 0.0224 e. The molecule has 0 aromatic rings. The van der Waals surface area contributed by atoms with Gasteiger partial charge in [0.25, 0.3) is 0 Å². The lowest BCUT2D eigenvalue weighted by molar-refractivity contribution is 0.0591. The second kappa shape index (κ2) is 5.28. The zero-order chi connectivity index (χ0) is 10.7. The van der Waals surface area contributed by atoms with E-state index in [9.17, 15) is 0 Å². The van der Waals surface area contributed by atoms with Crippen LogP contribution in [0.25, 0.3) is 0 Å². The molecule has 0 saturated carbocycles. The minimum absolute atomic E-state index is 0.730. The van der Waals surface area contributed by atoms with Crippen LogP contribution in [0.3, 0.4) is 0 Å². The maximum absolute atomic E-state index is 3.57. The van der Waals surface area contributed by atoms with Crippen molar-refractivity contribution in [1.82, 2.24) is 15.1 Å². The summed E-state index contributed by atoms with van der Waals surface area (Å²) in [4.78, 5) is 5.17. The van der Waals surface area contributed by atoms with E-state index in [4.69, 9.17) is 0 Å². The van der Waals surface area contributed by atoms with E-state index in [-0.39, 0.29) is 0 Å². The minimum atomic E-state index is 0.730. The molecular weight excluding hydrogens is 186 g/mol. The van der Waals surface area contributed by atoms with Crippen molar-refractivity contribution >= 4 is 0 Å². The van der Waals surface area contributed by atoms with Crippen molar-refractivity contribution < 1.29 is 0 Å². The zero-order valence-corrected chi connectivity index (χ0v) is 10.2. The lowest BCUT2D eigenvalue weighted by Crippen LogP contribution is -2.56. The molecule has 2 atom stereocenters. The van der Waals surface area contributed by atoms with Gasteiger partial charge in [-0.2, -0.15) is 0 Å². The van der Waals surface area contributed by atoms with Crippen molar-refractivity contribution in [2.45, 2.75) is 38.3 Å². The average Bonchev–Trinajstić information content (AvgIpc) is 2.46. The first-order valence-electron chi connectivity index (χ1n) is 6.42. The summed E-state index contributed by atoms with van der Waals surface area (Å²) in [6.45, 7) is 8.52. The van der Waals surface area contributed by atoms with E-state index in [1.165, 1.54) is 52.0 Å². The summed E-state index contributed by atoms with van der Waals surface area (Å²) in [5.41, 5.74) is 0. The number of rotatable bonds is 1. The van der Waals surface area contributed by atoms with E-state index < -0.39 is 0 Å². The van der Waals surface area contributed by atoms with Crippen LogP contribution in [0.15, 0.2) is 0 Å². The van der Waals surface area contributed by atoms with Crippen LogP contribution < -0.4 is 5.32 Å². The lowest BCUT2D eigenvalue weighted by atomic mass is 10.1. The number of hydrogen-bond acceptors (Lipinski definition) is 3. The van der Waals surface area contributed by atoms with Crippen molar-refractivity contribution in [1.29, 1.82) is 0 Å². The fourth-order valence-corrected chi connectivity index (χ4v) is 2.98. The Labute approximate surface area is 93.8 Å². The Morgan fingerprint density at radius 2 is 2.07 bits per heavy atom. The molecule has 0 aliphatic carbocycles. The van der Waals surface area contributed by atoms with Gasteiger partial charge < -0.3 is 10.2 Å². The van der Waals surface area contributed by atoms with Crippen LogP contribution >= 0.6 is 0 Å². The summed E-state index contributed by atoms with van der Waals surface area (Å²) in [6.07, 6.45) is 4.15. The lowest BCUT2D eigenvalue weighted by Gasteiger charge is -2.42. The molecule has 3 nitrogen and oxygen atoms in total. The van der Waals surface area contributed by atoms with Gasteiger partial charge in [-0.1, -0.05) is 6.42 Å². The van der Waals surface area contributed by atoms with E-state index in [1.54, 1.807) is 0 Å². The number of nitrogens with one attached hydrogen (secondary N) is 1. The van der Waals surface area contributed by atoms with E-state index in [0.717, 1.165) is 12.1 Å². The molecule has 0 spiro atoms. The Bertz CT molecular complexity index is 187. The molecule has 2 aliphatic heterocycles. The number of hydrogen-bond donors (Lipinski definition) is 1. The molecule has 2 rings (SSSR count). The Morgan fingerprint density at radius 3 is 2.87 bits per heavy atom. The van der Waals surface area contributed by atoms with Crippen molar-refractivity contribution in [2.75, 3.05) is 39.8 Å². The Hall–Kier alpha value is -0.120. The topological polar surface area (TPSA) is 18.5 Å². The van der Waals surface area contributed by atoms with Crippen molar-refractivity contribution in [2.24, 2.45) is 0 Å². The van der Waals surface area contributed by atoms with Crippen LogP contribution in [-0.2, 0) is 0 Å². The zero-order valence-electron chi connectivity index (χ0n) is 10.2. The predicted molar refractivity (Wildman–Crippen MR) is 64.2 cm³/mol. The molecule has 2 aliphatic rings. The second-order valence-electron chi connectivity index (χ2n) is 5.20. The monoisotopic (exact) mass is 211 g/mol. The third-order valence-electron chi connectivity index (χ3n) is 3.87. The fraction of sp³-hybridized carbons (Fsp3) is 1.00. The Balaban J connectivity index is 1.90. The molecule has 88 valence electrons. The second-order valence-corrected chi connectivity index (χ2v) is 5.20. The molecule has 2 unspecified atom stereocenters. The predicted octanol–water partition coefficient (Wildman–Crippen LogP) is 0.764. The van der Waals surface area contributed by atoms with Gasteiger partial charge in [0.2, 0.25) is 0 Å². The molecule has 0 aromatic carbocycles. The third kappa shape index (κ3) is 2.92. The van der Waals surface area contributed by atoms with E-state index in [2.05, 4.69) is 29.1 Å². The van der Waals surface area contributed by atoms with Gasteiger partial charge in [0.1, 0.15) is 0 Å². The van der Waals surface area contributed by atoms with Crippen LogP contribution in [0.1, 0.15) is 26.2 Å². The highest BCUT2D eigenvalue weighted by Crippen LogP contribution is 2.17. The first-order valence-corrected chi connectivity index (χ1v) is 6.42. The summed E-state index contributed by atoms with van der Waals surface area (Å²) >= 11 is 0. The average molecular weight is 211 g/mol. The van der Waals surface area contributed by atoms with Crippen molar-refractivity contribution in [3.8, 4) is 0 Å². The van der Waals surface area contributed by atoms with E-state index >= 15 is 0 Å². The summed E-state index contributed by atoms with van der Waals surface area (Å²) in [5, 5.41) is 3.57. The van der Waals surface area contributed by atoms with Gasteiger partial charge in [-0.05, 0) is 33.4 Å². The van der Waals surface area contributed by atoms with Crippen molar-refractivity contribution in [3.63, 3.8) is 0 Å². The largest absolute Gasteiger partial charge is 0.315 e. The van der Waals surface area contributed by atoms with Crippen LogP contribution in [-0.4, -0.2) is 61.7 Å². The SMILES string of the molecule is CC1CN(C)CCN1C1CCCCNC1. The van der Waals surface area contributed by atoms with Gasteiger partial charge in [-0.15, -0.1) is 0 Å². The van der Waals surface area contributed by atoms with Gasteiger partial charge in [-0.3, -0.25) is 4.90 Å². The molecule has 3 heteroatoms. The van der Waals surface area contributed by atoms with Crippen LogP contribution in [0, 0.1) is 0 Å². The molecule has 2 fully saturated rings. The highest BCUT2D eigenvalue weighted by Gasteiger charge is 2.28. The first-order chi connectivity index (χ1) is 7.27. The van der Waals surface area contributed by atoms with Crippen molar-refractivity contribution in [3.05, 3.63) is 0 Å². The van der Waals surface area contributed by atoms with Crippen LogP contribution in [0.4, 0.5) is 0 Å². The van der Waals surface area contributed by atoms with Gasteiger partial charge in [0.15, 0.2) is 0 Å².